The fraction of sp³-hybridized carbons (Fsp3) is 0.615. The molecule has 2 heteroatoms. The predicted molar refractivity (Wildman–Crippen MR) is 62.7 cm³/mol. The van der Waals surface area contributed by atoms with Crippen molar-refractivity contribution < 1.29 is 0 Å². The van der Waals surface area contributed by atoms with E-state index in [-0.39, 0.29) is 0 Å². The van der Waals surface area contributed by atoms with E-state index in [0.29, 0.717) is 0 Å². The summed E-state index contributed by atoms with van der Waals surface area (Å²) in [5.74, 6) is 0.929. The third kappa shape index (κ3) is 2.78. The predicted octanol–water partition coefficient (Wildman–Crippen LogP) is 2.53. The molecule has 0 saturated heterocycles. The second kappa shape index (κ2) is 5.26. The Morgan fingerprint density at radius 3 is 3.00 bits per heavy atom. The van der Waals surface area contributed by atoms with Crippen LogP contribution in [0.3, 0.4) is 0 Å². The van der Waals surface area contributed by atoms with Crippen LogP contribution in [-0.4, -0.2) is 11.5 Å². The van der Waals surface area contributed by atoms with Gasteiger partial charge < -0.3 is 5.32 Å². The summed E-state index contributed by atoms with van der Waals surface area (Å²) < 4.78 is 0. The molecule has 1 saturated carbocycles. The van der Waals surface area contributed by atoms with Gasteiger partial charge in [0.25, 0.3) is 0 Å². The summed E-state index contributed by atoms with van der Waals surface area (Å²) in [5.41, 5.74) is 2.60. The summed E-state index contributed by atoms with van der Waals surface area (Å²) in [5, 5.41) is 3.52. The molecule has 1 aromatic rings. The maximum Gasteiger partial charge on any atom is 0.0573 e. The minimum atomic E-state index is 0.929. The Balaban J connectivity index is 1.81. The first-order valence-electron chi connectivity index (χ1n) is 6.03. The van der Waals surface area contributed by atoms with E-state index in [4.69, 9.17) is 0 Å². The summed E-state index contributed by atoms with van der Waals surface area (Å²) in [6.45, 7) is 4.28. The first-order valence-corrected chi connectivity index (χ1v) is 6.03. The lowest BCUT2D eigenvalue weighted by atomic mass is 9.85. The van der Waals surface area contributed by atoms with E-state index in [1.54, 1.807) is 0 Å². The van der Waals surface area contributed by atoms with Gasteiger partial charge in [-0.15, -0.1) is 0 Å². The normalized spacial score (nSPS) is 16.3. The van der Waals surface area contributed by atoms with Crippen LogP contribution in [0.1, 0.15) is 37.4 Å². The van der Waals surface area contributed by atoms with Gasteiger partial charge >= 0.3 is 0 Å². The second-order valence-corrected chi connectivity index (χ2v) is 4.39. The molecule has 2 nitrogen and oxygen atoms in total. The number of nitrogens with one attached hydrogen (secondary N) is 1. The van der Waals surface area contributed by atoms with E-state index in [2.05, 4.69) is 23.3 Å². The molecule has 1 aliphatic carbocycles. The van der Waals surface area contributed by atoms with Crippen LogP contribution in [0.25, 0.3) is 0 Å². The summed E-state index contributed by atoms with van der Waals surface area (Å²) in [6, 6.07) is 4.20. The van der Waals surface area contributed by atoms with Crippen molar-refractivity contribution in [2.45, 2.75) is 39.2 Å². The maximum absolute atomic E-state index is 4.43. The summed E-state index contributed by atoms with van der Waals surface area (Å²) in [4.78, 5) is 4.43. The van der Waals surface area contributed by atoms with E-state index >= 15 is 0 Å². The Labute approximate surface area is 92.1 Å². The third-order valence-corrected chi connectivity index (χ3v) is 3.32. The number of hydrogen-bond donors (Lipinski definition) is 1. The van der Waals surface area contributed by atoms with Crippen molar-refractivity contribution in [2.24, 2.45) is 5.92 Å². The molecule has 2 rings (SSSR count). The number of nitrogens with zero attached hydrogens (tertiary/aromatic N) is 1. The van der Waals surface area contributed by atoms with Crippen LogP contribution in [0.15, 0.2) is 18.3 Å². The van der Waals surface area contributed by atoms with Gasteiger partial charge in [0.05, 0.1) is 5.69 Å². The van der Waals surface area contributed by atoms with E-state index in [9.17, 15) is 0 Å². The molecule has 1 heterocycles. The van der Waals surface area contributed by atoms with Crippen molar-refractivity contribution in [3.63, 3.8) is 0 Å². The van der Waals surface area contributed by atoms with Crippen molar-refractivity contribution in [1.82, 2.24) is 10.3 Å². The molecule has 1 N–H and O–H groups in total. The Morgan fingerprint density at radius 1 is 1.47 bits per heavy atom. The van der Waals surface area contributed by atoms with Gasteiger partial charge in [0, 0.05) is 12.7 Å². The molecule has 0 spiro atoms. The topological polar surface area (TPSA) is 24.9 Å². The number of aryl methyl sites for hydroxylation is 1. The monoisotopic (exact) mass is 204 g/mol. The first-order chi connectivity index (χ1) is 7.40. The van der Waals surface area contributed by atoms with Gasteiger partial charge in [0.15, 0.2) is 0 Å². The highest BCUT2D eigenvalue weighted by atomic mass is 14.9. The van der Waals surface area contributed by atoms with Crippen molar-refractivity contribution >= 4 is 0 Å². The fourth-order valence-corrected chi connectivity index (χ4v) is 2.04. The Hall–Kier alpha value is -0.890. The lowest BCUT2D eigenvalue weighted by molar-refractivity contribution is 0.301. The molecular weight excluding hydrogens is 184 g/mol. The molecule has 1 aliphatic rings. The van der Waals surface area contributed by atoms with Gasteiger partial charge in [-0.05, 0) is 43.4 Å². The lowest BCUT2D eigenvalue weighted by Gasteiger charge is -2.25. The molecule has 1 aromatic heterocycles. The number of pyridine rings is 1. The largest absolute Gasteiger partial charge is 0.311 e. The van der Waals surface area contributed by atoms with Crippen LogP contribution in [0, 0.1) is 5.92 Å². The van der Waals surface area contributed by atoms with Crippen molar-refractivity contribution in [3.8, 4) is 0 Å². The highest BCUT2D eigenvalue weighted by Crippen LogP contribution is 2.25. The highest BCUT2D eigenvalue weighted by molar-refractivity contribution is 5.19. The quantitative estimate of drug-likeness (QED) is 0.797. The van der Waals surface area contributed by atoms with E-state index in [1.807, 2.05) is 12.3 Å². The maximum atomic E-state index is 4.43. The molecule has 82 valence electrons. The van der Waals surface area contributed by atoms with Gasteiger partial charge in [-0.25, -0.2) is 0 Å². The number of aromatic nitrogens is 1. The Morgan fingerprint density at radius 2 is 2.33 bits per heavy atom. The summed E-state index contributed by atoms with van der Waals surface area (Å²) in [6.07, 6.45) is 7.22. The van der Waals surface area contributed by atoms with Crippen molar-refractivity contribution in [3.05, 3.63) is 29.6 Å². The second-order valence-electron chi connectivity index (χ2n) is 4.39. The Bertz CT molecular complexity index is 305. The van der Waals surface area contributed by atoms with Gasteiger partial charge in [0.2, 0.25) is 0 Å². The standard InChI is InChI=1S/C13H20N2/c1-2-12-7-4-8-15-13(12)10-14-9-11-5-3-6-11/h4,7-8,11,14H,2-3,5-6,9-10H2,1H3. The third-order valence-electron chi connectivity index (χ3n) is 3.32. The average molecular weight is 204 g/mol. The molecule has 0 unspecified atom stereocenters. The first kappa shape index (κ1) is 10.6. The number of hydrogen-bond acceptors (Lipinski definition) is 2. The summed E-state index contributed by atoms with van der Waals surface area (Å²) >= 11 is 0. The van der Waals surface area contributed by atoms with Gasteiger partial charge in [-0.2, -0.15) is 0 Å². The molecule has 0 atom stereocenters. The van der Waals surface area contributed by atoms with Gasteiger partial charge in [-0.3, -0.25) is 4.98 Å². The van der Waals surface area contributed by atoms with Crippen LogP contribution < -0.4 is 5.32 Å². The molecule has 0 aromatic carbocycles. The van der Waals surface area contributed by atoms with E-state index in [1.165, 1.54) is 37.1 Å². The van der Waals surface area contributed by atoms with Gasteiger partial charge in [0.1, 0.15) is 0 Å². The molecule has 1 fully saturated rings. The van der Waals surface area contributed by atoms with Crippen LogP contribution in [0.2, 0.25) is 0 Å². The SMILES string of the molecule is CCc1cccnc1CNCC1CCC1. The molecule has 15 heavy (non-hydrogen) atoms. The molecule has 0 radical (unpaired) electrons. The van der Waals surface area contributed by atoms with E-state index < -0.39 is 0 Å². The van der Waals surface area contributed by atoms with Crippen LogP contribution in [0.4, 0.5) is 0 Å². The minimum Gasteiger partial charge on any atom is -0.311 e. The molecule has 0 bridgehead atoms. The Kier molecular flexibility index (Phi) is 3.73. The smallest absolute Gasteiger partial charge is 0.0573 e. The molecule has 0 amide bonds. The minimum absolute atomic E-state index is 0.929. The lowest BCUT2D eigenvalue weighted by Crippen LogP contribution is -2.27. The van der Waals surface area contributed by atoms with Crippen molar-refractivity contribution in [1.29, 1.82) is 0 Å². The van der Waals surface area contributed by atoms with Crippen LogP contribution in [0.5, 0.6) is 0 Å². The zero-order valence-corrected chi connectivity index (χ0v) is 9.50. The van der Waals surface area contributed by atoms with Crippen molar-refractivity contribution in [2.75, 3.05) is 6.54 Å². The molecular formula is C13H20N2. The van der Waals surface area contributed by atoms with Crippen LogP contribution in [-0.2, 0) is 13.0 Å². The fourth-order valence-electron chi connectivity index (χ4n) is 2.04. The molecule has 0 aliphatic heterocycles. The van der Waals surface area contributed by atoms with E-state index in [0.717, 1.165) is 18.9 Å². The zero-order chi connectivity index (χ0) is 10.5. The average Bonchev–Trinajstić information content (AvgIpc) is 2.22. The summed E-state index contributed by atoms with van der Waals surface area (Å²) in [7, 11) is 0. The zero-order valence-electron chi connectivity index (χ0n) is 9.50. The number of rotatable bonds is 5. The van der Waals surface area contributed by atoms with Gasteiger partial charge in [-0.1, -0.05) is 19.4 Å². The van der Waals surface area contributed by atoms with Crippen LogP contribution >= 0.6 is 0 Å². The highest BCUT2D eigenvalue weighted by Gasteiger charge is 2.16.